The van der Waals surface area contributed by atoms with E-state index in [0.717, 1.165) is 30.9 Å². The Morgan fingerprint density at radius 2 is 2.23 bits per heavy atom. The van der Waals surface area contributed by atoms with Gasteiger partial charge in [0.25, 0.3) is 0 Å². The highest BCUT2D eigenvalue weighted by atomic mass is 16.3. The fourth-order valence-corrected chi connectivity index (χ4v) is 3.04. The maximum Gasteiger partial charge on any atom is 0.225 e. The van der Waals surface area contributed by atoms with E-state index in [4.69, 9.17) is 0 Å². The molecule has 1 aliphatic rings. The van der Waals surface area contributed by atoms with E-state index < -0.39 is 0 Å². The second-order valence-electron chi connectivity index (χ2n) is 5.88. The lowest BCUT2D eigenvalue weighted by atomic mass is 10.1. The minimum atomic E-state index is -0.379. The zero-order chi connectivity index (χ0) is 15.5. The van der Waals surface area contributed by atoms with Gasteiger partial charge in [-0.2, -0.15) is 4.98 Å². The van der Waals surface area contributed by atoms with E-state index in [2.05, 4.69) is 30.2 Å². The molecule has 0 aromatic carbocycles. The minimum Gasteiger partial charge on any atom is -0.391 e. The largest absolute Gasteiger partial charge is 0.391 e. The summed E-state index contributed by atoms with van der Waals surface area (Å²) in [6, 6.07) is 1.87. The Labute approximate surface area is 129 Å². The number of nitrogens with one attached hydrogen (secondary N) is 2. The molecule has 3 atom stereocenters. The number of hydrogen-bond donors (Lipinski definition) is 3. The van der Waals surface area contributed by atoms with Crippen LogP contribution in [0.25, 0.3) is 0 Å². The number of rotatable bonds is 5. The summed E-state index contributed by atoms with van der Waals surface area (Å²) in [5.74, 6) is 1.77. The second kappa shape index (κ2) is 6.31. The molecule has 3 rings (SSSR count). The highest BCUT2D eigenvalue weighted by molar-refractivity contribution is 5.42. The van der Waals surface area contributed by atoms with Crippen LogP contribution in [-0.2, 0) is 6.54 Å². The van der Waals surface area contributed by atoms with Crippen LogP contribution in [0.3, 0.4) is 0 Å². The van der Waals surface area contributed by atoms with Crippen molar-refractivity contribution in [1.82, 2.24) is 19.5 Å². The Hall–Kier alpha value is -2.15. The van der Waals surface area contributed by atoms with Gasteiger partial charge in [0, 0.05) is 37.7 Å². The quantitative estimate of drug-likeness (QED) is 0.771. The lowest BCUT2D eigenvalue weighted by Gasteiger charge is -2.17. The zero-order valence-corrected chi connectivity index (χ0v) is 12.9. The van der Waals surface area contributed by atoms with Crippen molar-refractivity contribution in [3.63, 3.8) is 0 Å². The maximum absolute atomic E-state index is 10.3. The summed E-state index contributed by atoms with van der Waals surface area (Å²) in [5.41, 5.74) is 0.893. The molecule has 3 N–H and O–H groups in total. The summed E-state index contributed by atoms with van der Waals surface area (Å²) in [6.07, 6.45) is 6.84. The van der Waals surface area contributed by atoms with Crippen molar-refractivity contribution in [1.29, 1.82) is 0 Å². The van der Waals surface area contributed by atoms with Gasteiger partial charge < -0.3 is 20.3 Å². The SMILES string of the molecule is CNc1cc(C)nc(N[C@@H]2CC(Cn3ccnc3)C[C@H]2O)n1. The van der Waals surface area contributed by atoms with E-state index in [1.165, 1.54) is 0 Å². The summed E-state index contributed by atoms with van der Waals surface area (Å²) in [7, 11) is 1.83. The smallest absolute Gasteiger partial charge is 0.225 e. The van der Waals surface area contributed by atoms with Crippen LogP contribution in [0.2, 0.25) is 0 Å². The number of hydrogen-bond acceptors (Lipinski definition) is 6. The van der Waals surface area contributed by atoms with Crippen LogP contribution in [0, 0.1) is 12.8 Å². The molecule has 0 spiro atoms. The Morgan fingerprint density at radius 1 is 1.36 bits per heavy atom. The van der Waals surface area contributed by atoms with E-state index in [1.807, 2.05) is 32.6 Å². The first-order valence-electron chi connectivity index (χ1n) is 7.58. The molecule has 1 saturated carbocycles. The molecule has 7 heteroatoms. The first-order valence-corrected chi connectivity index (χ1v) is 7.58. The first kappa shape index (κ1) is 14.8. The van der Waals surface area contributed by atoms with Gasteiger partial charge >= 0.3 is 0 Å². The Balaban J connectivity index is 1.64. The summed E-state index contributed by atoms with van der Waals surface area (Å²) in [4.78, 5) is 12.8. The fourth-order valence-electron chi connectivity index (χ4n) is 3.04. The second-order valence-corrected chi connectivity index (χ2v) is 5.88. The maximum atomic E-state index is 10.3. The average Bonchev–Trinajstić information content (AvgIpc) is 3.09. The van der Waals surface area contributed by atoms with Crippen LogP contribution >= 0.6 is 0 Å². The highest BCUT2D eigenvalue weighted by Gasteiger charge is 2.33. The van der Waals surface area contributed by atoms with Crippen LogP contribution in [0.1, 0.15) is 18.5 Å². The van der Waals surface area contributed by atoms with Gasteiger partial charge in [0.15, 0.2) is 0 Å². The zero-order valence-electron chi connectivity index (χ0n) is 12.9. The lowest BCUT2D eigenvalue weighted by Crippen LogP contribution is -2.29. The van der Waals surface area contributed by atoms with Crippen molar-refractivity contribution in [3.8, 4) is 0 Å². The van der Waals surface area contributed by atoms with E-state index in [0.29, 0.717) is 11.9 Å². The van der Waals surface area contributed by atoms with Crippen molar-refractivity contribution >= 4 is 11.8 Å². The molecule has 22 heavy (non-hydrogen) atoms. The number of aliphatic hydroxyl groups excluding tert-OH is 1. The van der Waals surface area contributed by atoms with E-state index in [-0.39, 0.29) is 12.1 Å². The van der Waals surface area contributed by atoms with Crippen LogP contribution in [0.15, 0.2) is 24.8 Å². The number of nitrogens with zero attached hydrogens (tertiary/aromatic N) is 4. The van der Waals surface area contributed by atoms with Gasteiger partial charge in [-0.25, -0.2) is 9.97 Å². The van der Waals surface area contributed by atoms with Gasteiger partial charge in [0.2, 0.25) is 5.95 Å². The number of anilines is 2. The molecule has 7 nitrogen and oxygen atoms in total. The summed E-state index contributed by atoms with van der Waals surface area (Å²) < 4.78 is 2.06. The fraction of sp³-hybridized carbons (Fsp3) is 0.533. The predicted molar refractivity (Wildman–Crippen MR) is 84.7 cm³/mol. The molecule has 1 fully saturated rings. The van der Waals surface area contributed by atoms with E-state index in [9.17, 15) is 5.11 Å². The average molecular weight is 302 g/mol. The molecular formula is C15H22N6O. The van der Waals surface area contributed by atoms with Gasteiger partial charge in [0.1, 0.15) is 5.82 Å². The molecule has 0 radical (unpaired) electrons. The van der Waals surface area contributed by atoms with Gasteiger partial charge in [-0.1, -0.05) is 0 Å². The molecule has 1 unspecified atom stereocenters. The van der Waals surface area contributed by atoms with E-state index >= 15 is 0 Å². The summed E-state index contributed by atoms with van der Waals surface area (Å²) >= 11 is 0. The molecular weight excluding hydrogens is 280 g/mol. The highest BCUT2D eigenvalue weighted by Crippen LogP contribution is 2.29. The third-order valence-corrected chi connectivity index (χ3v) is 4.08. The standard InChI is InChI=1S/C15H22N6O/c1-10-5-14(16-2)20-15(18-10)19-12-6-11(7-13(12)22)8-21-4-3-17-9-21/h3-5,9,11-13,22H,6-8H2,1-2H3,(H2,16,18,19,20)/t11?,12-,13-/m1/s1. The van der Waals surface area contributed by atoms with Gasteiger partial charge in [0.05, 0.1) is 18.5 Å². The number of aromatic nitrogens is 4. The van der Waals surface area contributed by atoms with Crippen LogP contribution in [-0.4, -0.2) is 43.8 Å². The Bertz CT molecular complexity index is 615. The molecule has 2 aromatic heterocycles. The van der Waals surface area contributed by atoms with Crippen molar-refractivity contribution in [3.05, 3.63) is 30.5 Å². The van der Waals surface area contributed by atoms with Crippen molar-refractivity contribution < 1.29 is 5.11 Å². The third kappa shape index (κ3) is 3.36. The Kier molecular flexibility index (Phi) is 4.24. The molecule has 2 aromatic rings. The van der Waals surface area contributed by atoms with Crippen molar-refractivity contribution in [2.45, 2.75) is 38.5 Å². The lowest BCUT2D eigenvalue weighted by molar-refractivity contribution is 0.166. The third-order valence-electron chi connectivity index (χ3n) is 4.08. The summed E-state index contributed by atoms with van der Waals surface area (Å²) in [6.45, 7) is 2.81. The number of aryl methyl sites for hydroxylation is 1. The minimum absolute atomic E-state index is 0.0139. The monoisotopic (exact) mass is 302 g/mol. The van der Waals surface area contributed by atoms with Crippen molar-refractivity contribution in [2.24, 2.45) is 5.92 Å². The molecule has 2 heterocycles. The molecule has 0 saturated heterocycles. The number of aliphatic hydroxyl groups is 1. The normalized spacial score (nSPS) is 24.4. The van der Waals surface area contributed by atoms with Gasteiger partial charge in [-0.05, 0) is 25.7 Å². The first-order chi connectivity index (χ1) is 10.6. The van der Waals surface area contributed by atoms with Crippen LogP contribution in [0.5, 0.6) is 0 Å². The Morgan fingerprint density at radius 3 is 2.95 bits per heavy atom. The topological polar surface area (TPSA) is 87.9 Å². The van der Waals surface area contributed by atoms with Crippen LogP contribution in [0.4, 0.5) is 11.8 Å². The molecule has 0 amide bonds. The molecule has 1 aliphatic carbocycles. The molecule has 0 bridgehead atoms. The van der Waals surface area contributed by atoms with Crippen LogP contribution < -0.4 is 10.6 Å². The van der Waals surface area contributed by atoms with Crippen molar-refractivity contribution in [2.75, 3.05) is 17.7 Å². The molecule has 118 valence electrons. The predicted octanol–water partition coefficient (Wildman–Crippen LogP) is 1.27. The van der Waals surface area contributed by atoms with Gasteiger partial charge in [-0.3, -0.25) is 0 Å². The summed E-state index contributed by atoms with van der Waals surface area (Å²) in [5, 5.41) is 16.6. The van der Waals surface area contributed by atoms with E-state index in [1.54, 1.807) is 6.20 Å². The van der Waals surface area contributed by atoms with Gasteiger partial charge in [-0.15, -0.1) is 0 Å². The molecule has 0 aliphatic heterocycles. The number of imidazole rings is 1.